The molecule has 1 aromatic heterocycles. The third-order valence-corrected chi connectivity index (χ3v) is 2.42. The molecule has 0 saturated carbocycles. The third kappa shape index (κ3) is 4.81. The van der Waals surface area contributed by atoms with E-state index >= 15 is 0 Å². The van der Waals surface area contributed by atoms with E-state index in [-0.39, 0.29) is 11.6 Å². The van der Waals surface area contributed by atoms with Gasteiger partial charge < -0.3 is 15.2 Å². The van der Waals surface area contributed by atoms with Crippen LogP contribution in [-0.2, 0) is 9.53 Å². The summed E-state index contributed by atoms with van der Waals surface area (Å²) in [4.78, 5) is 26.7. The number of nitrogens with zero attached hydrogens (tertiary/aromatic N) is 1. The van der Waals surface area contributed by atoms with Crippen LogP contribution in [0.5, 0.6) is 0 Å². The number of aliphatic carboxylic acids is 1. The highest BCUT2D eigenvalue weighted by atomic mass is 16.5. The maximum atomic E-state index is 12.2. The Morgan fingerprint density at radius 3 is 2.80 bits per heavy atom. The Labute approximate surface area is 117 Å². The van der Waals surface area contributed by atoms with Crippen LogP contribution in [0.25, 0.3) is 6.08 Å². The third-order valence-electron chi connectivity index (χ3n) is 2.42. The first kappa shape index (κ1) is 15.8. The Balaban J connectivity index is 2.96. The van der Waals surface area contributed by atoms with Crippen LogP contribution in [0, 0.1) is 0 Å². The molecule has 0 saturated heterocycles. The van der Waals surface area contributed by atoms with Gasteiger partial charge in [0, 0.05) is 24.9 Å². The van der Waals surface area contributed by atoms with Crippen molar-refractivity contribution >= 4 is 18.0 Å². The second-order valence-electron chi connectivity index (χ2n) is 4.88. The van der Waals surface area contributed by atoms with Gasteiger partial charge in [-0.3, -0.25) is 9.78 Å². The van der Waals surface area contributed by atoms with E-state index < -0.39 is 11.5 Å². The Morgan fingerprint density at radius 2 is 2.20 bits per heavy atom. The van der Waals surface area contributed by atoms with Gasteiger partial charge in [0.05, 0.1) is 12.1 Å². The minimum atomic E-state index is -1.08. The number of rotatable bonds is 6. The molecule has 0 spiro atoms. The highest BCUT2D eigenvalue weighted by Gasteiger charge is 2.22. The zero-order valence-corrected chi connectivity index (χ0v) is 11.7. The fourth-order valence-corrected chi connectivity index (χ4v) is 1.67. The smallest absolute Gasteiger partial charge is 0.328 e. The summed E-state index contributed by atoms with van der Waals surface area (Å²) in [5.41, 5.74) is 0.0757. The van der Waals surface area contributed by atoms with Gasteiger partial charge in [0.2, 0.25) is 0 Å². The van der Waals surface area contributed by atoms with Gasteiger partial charge in [-0.05, 0) is 26.0 Å². The first-order valence-corrected chi connectivity index (χ1v) is 6.03. The van der Waals surface area contributed by atoms with Gasteiger partial charge in [0.15, 0.2) is 0 Å². The molecule has 20 heavy (non-hydrogen) atoms. The lowest BCUT2D eigenvalue weighted by Gasteiger charge is -2.25. The second kappa shape index (κ2) is 6.81. The zero-order chi connectivity index (χ0) is 15.2. The second-order valence-corrected chi connectivity index (χ2v) is 4.88. The van der Waals surface area contributed by atoms with E-state index in [2.05, 4.69) is 10.3 Å². The van der Waals surface area contributed by atoms with E-state index in [1.807, 2.05) is 13.8 Å². The van der Waals surface area contributed by atoms with Gasteiger partial charge in [-0.2, -0.15) is 0 Å². The summed E-state index contributed by atoms with van der Waals surface area (Å²) in [7, 11) is 1.55. The van der Waals surface area contributed by atoms with Crippen molar-refractivity contribution in [1.29, 1.82) is 0 Å². The lowest BCUT2D eigenvalue weighted by molar-refractivity contribution is -0.131. The van der Waals surface area contributed by atoms with Crippen LogP contribution < -0.4 is 5.32 Å². The molecule has 1 rings (SSSR count). The molecular weight excluding hydrogens is 260 g/mol. The zero-order valence-electron chi connectivity index (χ0n) is 11.7. The summed E-state index contributed by atoms with van der Waals surface area (Å²) in [5, 5.41) is 11.4. The number of hydrogen-bond acceptors (Lipinski definition) is 4. The Kier molecular flexibility index (Phi) is 5.40. The van der Waals surface area contributed by atoms with Gasteiger partial charge in [-0.25, -0.2) is 4.79 Å². The number of carboxylic acid groups (broad SMARTS) is 1. The molecule has 1 amide bonds. The average molecular weight is 278 g/mol. The Hall–Kier alpha value is -2.21. The summed E-state index contributed by atoms with van der Waals surface area (Å²) >= 11 is 0. The summed E-state index contributed by atoms with van der Waals surface area (Å²) in [6, 6.07) is 3.27. The van der Waals surface area contributed by atoms with Crippen LogP contribution in [0.2, 0.25) is 0 Å². The van der Waals surface area contributed by atoms with Crippen molar-refractivity contribution in [2.75, 3.05) is 13.7 Å². The van der Waals surface area contributed by atoms with Crippen molar-refractivity contribution in [3.8, 4) is 0 Å². The molecule has 1 aromatic rings. The molecule has 108 valence electrons. The summed E-state index contributed by atoms with van der Waals surface area (Å²) in [6.07, 6.45) is 3.79. The summed E-state index contributed by atoms with van der Waals surface area (Å²) in [6.45, 7) is 4.00. The number of methoxy groups -OCH3 is 1. The van der Waals surface area contributed by atoms with Crippen LogP contribution in [0.3, 0.4) is 0 Å². The Morgan fingerprint density at radius 1 is 1.50 bits per heavy atom. The van der Waals surface area contributed by atoms with Gasteiger partial charge >= 0.3 is 5.97 Å². The molecule has 0 fully saturated rings. The van der Waals surface area contributed by atoms with E-state index in [0.717, 1.165) is 6.08 Å². The van der Waals surface area contributed by atoms with Crippen molar-refractivity contribution in [2.24, 2.45) is 0 Å². The molecule has 1 heterocycles. The maximum Gasteiger partial charge on any atom is 0.328 e. The lowest BCUT2D eigenvalue weighted by Crippen LogP contribution is -2.47. The van der Waals surface area contributed by atoms with E-state index in [4.69, 9.17) is 9.84 Å². The van der Waals surface area contributed by atoms with Crippen LogP contribution in [-0.4, -0.2) is 41.2 Å². The fourth-order valence-electron chi connectivity index (χ4n) is 1.67. The molecule has 0 atom stereocenters. The van der Waals surface area contributed by atoms with E-state index in [1.165, 1.54) is 12.3 Å². The number of pyridine rings is 1. The molecule has 0 radical (unpaired) electrons. The van der Waals surface area contributed by atoms with Crippen LogP contribution in [0.1, 0.15) is 29.9 Å². The van der Waals surface area contributed by atoms with Gasteiger partial charge in [-0.1, -0.05) is 6.07 Å². The van der Waals surface area contributed by atoms with Gasteiger partial charge in [0.1, 0.15) is 5.69 Å². The van der Waals surface area contributed by atoms with Crippen molar-refractivity contribution in [3.63, 3.8) is 0 Å². The Bertz CT molecular complexity index is 524. The normalized spacial score (nSPS) is 11.6. The lowest BCUT2D eigenvalue weighted by atomic mass is 10.1. The molecule has 6 nitrogen and oxygen atoms in total. The maximum absolute atomic E-state index is 12.2. The first-order chi connectivity index (χ1) is 9.35. The summed E-state index contributed by atoms with van der Waals surface area (Å²) < 4.78 is 5.03. The average Bonchev–Trinajstić information content (AvgIpc) is 2.35. The first-order valence-electron chi connectivity index (χ1n) is 6.03. The standard InChI is InChI=1S/C14H18N2O4/c1-14(2,9-20-3)16-13(19)12-10(5-4-8-15-12)6-7-11(17)18/h4-8H,9H2,1-3H3,(H,16,19)(H,17,18)/b7-6+. The highest BCUT2D eigenvalue weighted by Crippen LogP contribution is 2.10. The number of nitrogens with one attached hydrogen (secondary N) is 1. The molecular formula is C14H18N2O4. The molecule has 0 bridgehead atoms. The predicted molar refractivity (Wildman–Crippen MR) is 74.3 cm³/mol. The quantitative estimate of drug-likeness (QED) is 0.766. The number of carbonyl (C=O) groups excluding carboxylic acids is 1. The molecule has 0 aliphatic carbocycles. The fraction of sp³-hybridized carbons (Fsp3) is 0.357. The molecule has 0 aromatic carbocycles. The highest BCUT2D eigenvalue weighted by molar-refractivity contribution is 5.97. The molecule has 6 heteroatoms. The predicted octanol–water partition coefficient (Wildman–Crippen LogP) is 1.33. The van der Waals surface area contributed by atoms with Crippen molar-refractivity contribution in [2.45, 2.75) is 19.4 Å². The van der Waals surface area contributed by atoms with Crippen molar-refractivity contribution in [1.82, 2.24) is 10.3 Å². The van der Waals surface area contributed by atoms with Crippen molar-refractivity contribution in [3.05, 3.63) is 35.7 Å². The topological polar surface area (TPSA) is 88.5 Å². The van der Waals surface area contributed by atoms with E-state index in [1.54, 1.807) is 19.2 Å². The molecule has 0 aliphatic rings. The minimum Gasteiger partial charge on any atom is -0.478 e. The van der Waals surface area contributed by atoms with Crippen LogP contribution in [0.4, 0.5) is 0 Å². The summed E-state index contributed by atoms with van der Waals surface area (Å²) in [5.74, 6) is -1.46. The monoisotopic (exact) mass is 278 g/mol. The number of carboxylic acids is 1. The number of hydrogen-bond donors (Lipinski definition) is 2. The minimum absolute atomic E-state index is 0.175. The number of ether oxygens (including phenoxy) is 1. The van der Waals surface area contributed by atoms with E-state index in [9.17, 15) is 9.59 Å². The number of amides is 1. The van der Waals surface area contributed by atoms with Crippen molar-refractivity contribution < 1.29 is 19.4 Å². The van der Waals surface area contributed by atoms with Crippen LogP contribution >= 0.6 is 0 Å². The van der Waals surface area contributed by atoms with Gasteiger partial charge in [0.25, 0.3) is 5.91 Å². The largest absolute Gasteiger partial charge is 0.478 e. The molecule has 0 aliphatic heterocycles. The van der Waals surface area contributed by atoms with E-state index in [0.29, 0.717) is 12.2 Å². The van der Waals surface area contributed by atoms with Gasteiger partial charge in [-0.15, -0.1) is 0 Å². The number of carbonyl (C=O) groups is 2. The molecule has 0 unspecified atom stereocenters. The van der Waals surface area contributed by atoms with Crippen LogP contribution in [0.15, 0.2) is 24.4 Å². The number of aromatic nitrogens is 1. The molecule has 2 N–H and O–H groups in total. The SMILES string of the molecule is COCC(C)(C)NC(=O)c1ncccc1/C=C/C(=O)O.